The van der Waals surface area contributed by atoms with Crippen LogP contribution in [0.4, 0.5) is 0 Å². The second kappa shape index (κ2) is 7.69. The fraction of sp³-hybridized carbons (Fsp3) is 0.875. The molecule has 0 fully saturated rings. The molecule has 0 bridgehead atoms. The van der Waals surface area contributed by atoms with E-state index >= 15 is 0 Å². The highest BCUT2D eigenvalue weighted by Crippen LogP contribution is 1.99. The summed E-state index contributed by atoms with van der Waals surface area (Å²) in [6.45, 7) is 3.50. The van der Waals surface area contributed by atoms with E-state index in [1.807, 2.05) is 14.0 Å². The Morgan fingerprint density at radius 2 is 2.36 bits per heavy atom. The van der Waals surface area contributed by atoms with Crippen LogP contribution < -0.4 is 5.32 Å². The van der Waals surface area contributed by atoms with E-state index in [-0.39, 0.29) is 6.10 Å². The fourth-order valence-corrected chi connectivity index (χ4v) is 0.962. The molecular weight excluding hydrogens is 142 g/mol. The van der Waals surface area contributed by atoms with Crippen molar-refractivity contribution in [3.05, 3.63) is 0 Å². The van der Waals surface area contributed by atoms with Crippen molar-refractivity contribution in [3.63, 3.8) is 0 Å². The smallest absolute Gasteiger partial charge is 0.120 e. The van der Waals surface area contributed by atoms with Crippen molar-refractivity contribution < 1.29 is 9.53 Å². The van der Waals surface area contributed by atoms with Gasteiger partial charge in [-0.3, -0.25) is 0 Å². The lowest BCUT2D eigenvalue weighted by molar-refractivity contribution is -0.108. The summed E-state index contributed by atoms with van der Waals surface area (Å²) < 4.78 is 5.36. The molecule has 0 rings (SSSR count). The maximum atomic E-state index is 10.0. The topological polar surface area (TPSA) is 38.3 Å². The van der Waals surface area contributed by atoms with Crippen LogP contribution in [0.25, 0.3) is 0 Å². The lowest BCUT2D eigenvalue weighted by atomic mass is 10.2. The van der Waals surface area contributed by atoms with Gasteiger partial charge in [0, 0.05) is 19.6 Å². The summed E-state index contributed by atoms with van der Waals surface area (Å²) in [5.41, 5.74) is 0. The van der Waals surface area contributed by atoms with Gasteiger partial charge in [-0.1, -0.05) is 0 Å². The SMILES string of the molecule is CCOC(CCC=O)CNC. The molecule has 3 heteroatoms. The van der Waals surface area contributed by atoms with Crippen molar-refractivity contribution in [2.24, 2.45) is 0 Å². The van der Waals surface area contributed by atoms with Gasteiger partial charge in [0.05, 0.1) is 6.10 Å². The van der Waals surface area contributed by atoms with Crippen LogP contribution in [-0.2, 0) is 9.53 Å². The number of carbonyl (C=O) groups excluding carboxylic acids is 1. The van der Waals surface area contributed by atoms with E-state index in [0.717, 1.165) is 19.3 Å². The summed E-state index contributed by atoms with van der Waals surface area (Å²) in [5, 5.41) is 3.02. The Labute approximate surface area is 68.1 Å². The largest absolute Gasteiger partial charge is 0.377 e. The Bertz CT molecular complexity index is 90.1. The predicted molar refractivity (Wildman–Crippen MR) is 44.6 cm³/mol. The molecule has 1 N–H and O–H groups in total. The second-order valence-corrected chi connectivity index (χ2v) is 2.38. The van der Waals surface area contributed by atoms with E-state index in [1.54, 1.807) is 0 Å². The van der Waals surface area contributed by atoms with Crippen molar-refractivity contribution in [1.82, 2.24) is 5.32 Å². The minimum atomic E-state index is 0.190. The maximum Gasteiger partial charge on any atom is 0.120 e. The number of nitrogens with one attached hydrogen (secondary N) is 1. The van der Waals surface area contributed by atoms with Gasteiger partial charge in [-0.25, -0.2) is 0 Å². The first-order valence-electron chi connectivity index (χ1n) is 4.05. The average molecular weight is 159 g/mol. The Morgan fingerprint density at radius 3 is 2.82 bits per heavy atom. The fourth-order valence-electron chi connectivity index (χ4n) is 0.962. The van der Waals surface area contributed by atoms with Crippen molar-refractivity contribution in [2.75, 3.05) is 20.2 Å². The molecule has 0 aliphatic carbocycles. The van der Waals surface area contributed by atoms with E-state index in [9.17, 15) is 4.79 Å². The number of carbonyl (C=O) groups is 1. The third kappa shape index (κ3) is 6.01. The lowest BCUT2D eigenvalue weighted by Gasteiger charge is -2.14. The molecule has 0 heterocycles. The molecule has 66 valence electrons. The zero-order chi connectivity index (χ0) is 8.53. The molecule has 11 heavy (non-hydrogen) atoms. The minimum absolute atomic E-state index is 0.190. The Balaban J connectivity index is 3.41. The average Bonchev–Trinajstić information content (AvgIpc) is 2.01. The number of hydrogen-bond acceptors (Lipinski definition) is 3. The van der Waals surface area contributed by atoms with Gasteiger partial charge in [-0.05, 0) is 20.4 Å². The highest BCUT2D eigenvalue weighted by atomic mass is 16.5. The highest BCUT2D eigenvalue weighted by molar-refractivity contribution is 5.49. The molecule has 1 unspecified atom stereocenters. The van der Waals surface area contributed by atoms with Crippen LogP contribution in [0.5, 0.6) is 0 Å². The quantitative estimate of drug-likeness (QED) is 0.552. The van der Waals surface area contributed by atoms with Crippen molar-refractivity contribution in [3.8, 4) is 0 Å². The van der Waals surface area contributed by atoms with Crippen molar-refractivity contribution >= 4 is 6.29 Å². The summed E-state index contributed by atoms with van der Waals surface area (Å²) >= 11 is 0. The lowest BCUT2D eigenvalue weighted by Crippen LogP contribution is -2.26. The first kappa shape index (κ1) is 10.6. The van der Waals surface area contributed by atoms with Crippen LogP contribution in [0, 0.1) is 0 Å². The van der Waals surface area contributed by atoms with E-state index in [1.165, 1.54) is 0 Å². The number of ether oxygens (including phenoxy) is 1. The normalized spacial score (nSPS) is 12.9. The number of aldehydes is 1. The molecule has 3 nitrogen and oxygen atoms in total. The molecule has 0 aliphatic rings. The van der Waals surface area contributed by atoms with Crippen LogP contribution in [0.1, 0.15) is 19.8 Å². The molecule has 1 atom stereocenters. The van der Waals surface area contributed by atoms with Crippen LogP contribution in [0.2, 0.25) is 0 Å². The maximum absolute atomic E-state index is 10.0. The molecule has 0 aromatic rings. The Hall–Kier alpha value is -0.410. The second-order valence-electron chi connectivity index (χ2n) is 2.38. The van der Waals surface area contributed by atoms with Gasteiger partial charge in [-0.2, -0.15) is 0 Å². The van der Waals surface area contributed by atoms with Gasteiger partial charge in [0.15, 0.2) is 0 Å². The number of likely N-dealkylation sites (N-methyl/N-ethyl adjacent to an activating group) is 1. The molecular formula is C8H17NO2. The summed E-state index contributed by atoms with van der Waals surface area (Å²) in [7, 11) is 1.88. The van der Waals surface area contributed by atoms with Gasteiger partial charge >= 0.3 is 0 Å². The van der Waals surface area contributed by atoms with E-state index in [2.05, 4.69) is 5.32 Å². The van der Waals surface area contributed by atoms with E-state index in [4.69, 9.17) is 4.74 Å². The molecule has 0 amide bonds. The van der Waals surface area contributed by atoms with Gasteiger partial charge in [-0.15, -0.1) is 0 Å². The standard InChI is InChI=1S/C8H17NO2/c1-3-11-8(7-9-2)5-4-6-10/h6,8-9H,3-5,7H2,1-2H3. The Kier molecular flexibility index (Phi) is 7.41. The molecule has 0 aliphatic heterocycles. The van der Waals surface area contributed by atoms with E-state index < -0.39 is 0 Å². The predicted octanol–water partition coefficient (Wildman–Crippen LogP) is 0.590. The van der Waals surface area contributed by atoms with Crippen LogP contribution in [0.3, 0.4) is 0 Å². The van der Waals surface area contributed by atoms with E-state index in [0.29, 0.717) is 13.0 Å². The monoisotopic (exact) mass is 159 g/mol. The highest BCUT2D eigenvalue weighted by Gasteiger charge is 2.05. The number of hydrogen-bond donors (Lipinski definition) is 1. The third-order valence-electron chi connectivity index (χ3n) is 1.44. The molecule has 0 spiro atoms. The summed E-state index contributed by atoms with van der Waals surface area (Å²) in [6, 6.07) is 0. The van der Waals surface area contributed by atoms with Crippen LogP contribution in [-0.4, -0.2) is 32.6 Å². The van der Waals surface area contributed by atoms with Crippen molar-refractivity contribution in [2.45, 2.75) is 25.9 Å². The first-order chi connectivity index (χ1) is 5.35. The summed E-state index contributed by atoms with van der Waals surface area (Å²) in [6.07, 6.45) is 2.53. The first-order valence-corrected chi connectivity index (χ1v) is 4.05. The van der Waals surface area contributed by atoms with Gasteiger partial charge in [0.25, 0.3) is 0 Å². The Morgan fingerprint density at radius 1 is 1.64 bits per heavy atom. The molecule has 0 radical (unpaired) electrons. The summed E-state index contributed by atoms with van der Waals surface area (Å²) in [5.74, 6) is 0. The minimum Gasteiger partial charge on any atom is -0.377 e. The molecule has 0 saturated carbocycles. The van der Waals surface area contributed by atoms with Crippen LogP contribution in [0.15, 0.2) is 0 Å². The molecule has 0 saturated heterocycles. The summed E-state index contributed by atoms with van der Waals surface area (Å²) in [4.78, 5) is 10.0. The van der Waals surface area contributed by atoms with Gasteiger partial charge in [0.1, 0.15) is 6.29 Å². The van der Waals surface area contributed by atoms with Gasteiger partial charge < -0.3 is 14.8 Å². The third-order valence-corrected chi connectivity index (χ3v) is 1.44. The molecule has 0 aromatic carbocycles. The number of rotatable bonds is 7. The molecule has 0 aromatic heterocycles. The van der Waals surface area contributed by atoms with Crippen LogP contribution >= 0.6 is 0 Å². The zero-order valence-corrected chi connectivity index (χ0v) is 7.30. The zero-order valence-electron chi connectivity index (χ0n) is 7.30. The van der Waals surface area contributed by atoms with Crippen molar-refractivity contribution in [1.29, 1.82) is 0 Å². The van der Waals surface area contributed by atoms with Gasteiger partial charge in [0.2, 0.25) is 0 Å².